The van der Waals surface area contributed by atoms with Crippen molar-refractivity contribution in [1.29, 1.82) is 0 Å². The maximum Gasteiger partial charge on any atom is 0.127 e. The highest BCUT2D eigenvalue weighted by Gasteiger charge is 2.54. The fraction of sp³-hybridized carbons (Fsp3) is 0.588. The van der Waals surface area contributed by atoms with E-state index in [9.17, 15) is 0 Å². The summed E-state index contributed by atoms with van der Waals surface area (Å²) in [6, 6.07) is 6.14. The van der Waals surface area contributed by atoms with Gasteiger partial charge in [0.2, 0.25) is 0 Å². The number of benzene rings is 1. The molecule has 0 bridgehead atoms. The summed E-state index contributed by atoms with van der Waals surface area (Å²) in [6.45, 7) is 3.08. The average molecular weight is 305 g/mol. The predicted molar refractivity (Wildman–Crippen MR) is 84.9 cm³/mol. The zero-order valence-electron chi connectivity index (χ0n) is 12.6. The van der Waals surface area contributed by atoms with Crippen molar-refractivity contribution in [3.05, 3.63) is 24.0 Å². The molecule has 2 saturated carbocycles. The van der Waals surface area contributed by atoms with Gasteiger partial charge in [-0.2, -0.15) is 0 Å². The van der Waals surface area contributed by atoms with Crippen LogP contribution < -0.4 is 4.74 Å². The van der Waals surface area contributed by atoms with Gasteiger partial charge in [-0.1, -0.05) is 0 Å². The zero-order chi connectivity index (χ0) is 14.6. The van der Waals surface area contributed by atoms with Crippen molar-refractivity contribution in [3.8, 4) is 5.75 Å². The fourth-order valence-corrected chi connectivity index (χ4v) is 3.76. The van der Waals surface area contributed by atoms with E-state index in [-0.39, 0.29) is 5.38 Å². The lowest BCUT2D eigenvalue weighted by Crippen LogP contribution is -2.16. The third-order valence-electron chi connectivity index (χ3n) is 5.15. The Kier molecular flexibility index (Phi) is 2.97. The number of rotatable bonds is 5. The molecule has 1 aromatic carbocycles. The first-order valence-corrected chi connectivity index (χ1v) is 8.25. The predicted octanol–water partition coefficient (Wildman–Crippen LogP) is 4.53. The molecule has 1 atom stereocenters. The first-order valence-electron chi connectivity index (χ1n) is 7.81. The van der Waals surface area contributed by atoms with E-state index in [1.165, 1.54) is 31.2 Å². The molecule has 0 radical (unpaired) electrons. The second-order valence-electron chi connectivity index (χ2n) is 6.66. The Labute approximate surface area is 130 Å². The summed E-state index contributed by atoms with van der Waals surface area (Å²) in [7, 11) is 1.69. The van der Waals surface area contributed by atoms with Crippen LogP contribution in [0.4, 0.5) is 0 Å². The van der Waals surface area contributed by atoms with Gasteiger partial charge < -0.3 is 9.30 Å². The van der Waals surface area contributed by atoms with E-state index in [1.807, 2.05) is 19.1 Å². The van der Waals surface area contributed by atoms with Crippen LogP contribution in [0.2, 0.25) is 0 Å². The minimum absolute atomic E-state index is 0.0709. The van der Waals surface area contributed by atoms with Crippen LogP contribution in [0, 0.1) is 11.3 Å². The highest BCUT2D eigenvalue weighted by Crippen LogP contribution is 2.62. The van der Waals surface area contributed by atoms with Gasteiger partial charge in [-0.3, -0.25) is 0 Å². The molecule has 0 spiro atoms. The van der Waals surface area contributed by atoms with Crippen LogP contribution >= 0.6 is 11.6 Å². The molecule has 0 saturated heterocycles. The number of methoxy groups -OCH3 is 1. The van der Waals surface area contributed by atoms with Crippen molar-refractivity contribution in [2.24, 2.45) is 11.3 Å². The monoisotopic (exact) mass is 304 g/mol. The molecular formula is C17H21ClN2O. The molecule has 0 aliphatic heterocycles. The molecule has 0 N–H and O–H groups in total. The molecule has 2 fully saturated rings. The van der Waals surface area contributed by atoms with Crippen molar-refractivity contribution in [2.45, 2.75) is 44.5 Å². The number of nitrogens with zero attached hydrogens (tertiary/aromatic N) is 2. The first-order chi connectivity index (χ1) is 10.1. The Morgan fingerprint density at radius 3 is 2.76 bits per heavy atom. The molecule has 1 unspecified atom stereocenters. The SMILES string of the molecule is COc1ccc2c(c1)nc(C(C)Cl)n2CC1(C2CC2)CC1. The van der Waals surface area contributed by atoms with Crippen LogP contribution in [0.25, 0.3) is 11.0 Å². The third-order valence-corrected chi connectivity index (χ3v) is 5.34. The lowest BCUT2D eigenvalue weighted by Gasteiger charge is -2.18. The van der Waals surface area contributed by atoms with E-state index >= 15 is 0 Å². The van der Waals surface area contributed by atoms with E-state index in [2.05, 4.69) is 10.6 Å². The number of hydrogen-bond donors (Lipinski definition) is 0. The van der Waals surface area contributed by atoms with E-state index in [4.69, 9.17) is 21.3 Å². The molecule has 112 valence electrons. The molecule has 3 nitrogen and oxygen atoms in total. The van der Waals surface area contributed by atoms with Crippen LogP contribution in [-0.4, -0.2) is 16.7 Å². The Hall–Kier alpha value is -1.22. The number of hydrogen-bond acceptors (Lipinski definition) is 2. The average Bonchev–Trinajstić information content (AvgIpc) is 3.36. The molecule has 21 heavy (non-hydrogen) atoms. The van der Waals surface area contributed by atoms with E-state index in [0.717, 1.165) is 29.6 Å². The summed E-state index contributed by atoms with van der Waals surface area (Å²) in [6.07, 6.45) is 5.55. The van der Waals surface area contributed by atoms with Gasteiger partial charge in [0.05, 0.1) is 23.5 Å². The number of alkyl halides is 1. The van der Waals surface area contributed by atoms with Crippen molar-refractivity contribution in [3.63, 3.8) is 0 Å². The molecule has 2 aliphatic rings. The standard InChI is InChI=1S/C17H21ClN2O/c1-11(18)16-19-14-9-13(21-2)5-6-15(14)20(16)10-17(7-8-17)12-3-4-12/h5-6,9,11-12H,3-4,7-8,10H2,1-2H3. The maximum atomic E-state index is 6.38. The Balaban J connectivity index is 1.79. The summed E-state index contributed by atoms with van der Waals surface area (Å²) < 4.78 is 7.67. The van der Waals surface area contributed by atoms with Crippen LogP contribution in [0.1, 0.15) is 43.8 Å². The molecule has 2 aromatic rings. The largest absolute Gasteiger partial charge is 0.497 e. The van der Waals surface area contributed by atoms with Gasteiger partial charge in [0.15, 0.2) is 0 Å². The molecule has 0 amide bonds. The van der Waals surface area contributed by atoms with Crippen molar-refractivity contribution in [2.75, 3.05) is 7.11 Å². The smallest absolute Gasteiger partial charge is 0.127 e. The number of imidazole rings is 1. The van der Waals surface area contributed by atoms with Gasteiger partial charge >= 0.3 is 0 Å². The van der Waals surface area contributed by atoms with Crippen LogP contribution in [0.5, 0.6) is 5.75 Å². The Bertz CT molecular complexity index is 683. The first kappa shape index (κ1) is 13.4. The zero-order valence-corrected chi connectivity index (χ0v) is 13.4. The van der Waals surface area contributed by atoms with E-state index in [1.54, 1.807) is 7.11 Å². The van der Waals surface area contributed by atoms with E-state index < -0.39 is 0 Å². The summed E-state index contributed by atoms with van der Waals surface area (Å²) in [5, 5.41) is -0.0709. The Morgan fingerprint density at radius 2 is 2.19 bits per heavy atom. The fourth-order valence-electron chi connectivity index (χ4n) is 3.59. The van der Waals surface area contributed by atoms with Crippen LogP contribution in [-0.2, 0) is 6.54 Å². The molecule has 1 heterocycles. The van der Waals surface area contributed by atoms with Gasteiger partial charge in [0.25, 0.3) is 0 Å². The molecule has 4 heteroatoms. The second kappa shape index (κ2) is 4.64. The minimum Gasteiger partial charge on any atom is -0.497 e. The number of halogens is 1. The number of ether oxygens (including phenoxy) is 1. The topological polar surface area (TPSA) is 27.1 Å². The number of fused-ring (bicyclic) bond motifs is 1. The number of aromatic nitrogens is 2. The summed E-state index contributed by atoms with van der Waals surface area (Å²) >= 11 is 6.38. The summed E-state index contributed by atoms with van der Waals surface area (Å²) in [5.41, 5.74) is 2.71. The van der Waals surface area contributed by atoms with Crippen LogP contribution in [0.3, 0.4) is 0 Å². The minimum atomic E-state index is -0.0709. The van der Waals surface area contributed by atoms with Gasteiger partial charge in [0, 0.05) is 12.6 Å². The maximum absolute atomic E-state index is 6.38. The summed E-state index contributed by atoms with van der Waals surface area (Å²) in [5.74, 6) is 2.78. The summed E-state index contributed by atoms with van der Waals surface area (Å²) in [4.78, 5) is 4.76. The lowest BCUT2D eigenvalue weighted by atomic mass is 10.0. The molecular weight excluding hydrogens is 284 g/mol. The molecule has 4 rings (SSSR count). The van der Waals surface area contributed by atoms with Crippen LogP contribution in [0.15, 0.2) is 18.2 Å². The van der Waals surface area contributed by atoms with Gasteiger partial charge in [-0.15, -0.1) is 11.6 Å². The highest BCUT2D eigenvalue weighted by atomic mass is 35.5. The lowest BCUT2D eigenvalue weighted by molar-refractivity contribution is 0.369. The highest BCUT2D eigenvalue weighted by molar-refractivity contribution is 6.20. The second-order valence-corrected chi connectivity index (χ2v) is 7.32. The molecule has 1 aromatic heterocycles. The quantitative estimate of drug-likeness (QED) is 0.759. The van der Waals surface area contributed by atoms with Crippen molar-refractivity contribution >= 4 is 22.6 Å². The third kappa shape index (κ3) is 2.22. The molecule has 2 aliphatic carbocycles. The normalized spacial score (nSPS) is 21.5. The van der Waals surface area contributed by atoms with E-state index in [0.29, 0.717) is 5.41 Å². The Morgan fingerprint density at radius 1 is 1.43 bits per heavy atom. The van der Waals surface area contributed by atoms with Crippen molar-refractivity contribution in [1.82, 2.24) is 9.55 Å². The van der Waals surface area contributed by atoms with Gasteiger partial charge in [-0.25, -0.2) is 4.98 Å². The van der Waals surface area contributed by atoms with Gasteiger partial charge in [-0.05, 0) is 56.1 Å². The van der Waals surface area contributed by atoms with Gasteiger partial charge in [0.1, 0.15) is 11.6 Å². The van der Waals surface area contributed by atoms with Crippen molar-refractivity contribution < 1.29 is 4.74 Å².